The van der Waals surface area contributed by atoms with Crippen molar-refractivity contribution < 1.29 is 9.53 Å². The SMILES string of the molecule is CC1CN(c2ccc(CNC(=O)CCCc3ccc(Cl)cc3)cn2)CC(C)O1. The lowest BCUT2D eigenvalue weighted by Crippen LogP contribution is -2.45. The van der Waals surface area contributed by atoms with Gasteiger partial charge in [0.2, 0.25) is 5.91 Å². The summed E-state index contributed by atoms with van der Waals surface area (Å²) in [5, 5.41) is 3.71. The van der Waals surface area contributed by atoms with Crippen molar-refractivity contribution >= 4 is 23.3 Å². The number of hydrogen-bond acceptors (Lipinski definition) is 4. The van der Waals surface area contributed by atoms with Gasteiger partial charge in [0.25, 0.3) is 0 Å². The van der Waals surface area contributed by atoms with Crippen LogP contribution >= 0.6 is 11.6 Å². The van der Waals surface area contributed by atoms with Crippen LogP contribution in [0.4, 0.5) is 5.82 Å². The summed E-state index contributed by atoms with van der Waals surface area (Å²) in [7, 11) is 0. The highest BCUT2D eigenvalue weighted by Crippen LogP contribution is 2.18. The molecule has 5 nitrogen and oxygen atoms in total. The van der Waals surface area contributed by atoms with Crippen molar-refractivity contribution in [3.63, 3.8) is 0 Å². The van der Waals surface area contributed by atoms with E-state index in [1.807, 2.05) is 42.6 Å². The zero-order valence-corrected chi connectivity index (χ0v) is 17.3. The van der Waals surface area contributed by atoms with Crippen LogP contribution in [0.25, 0.3) is 0 Å². The largest absolute Gasteiger partial charge is 0.372 e. The van der Waals surface area contributed by atoms with Crippen molar-refractivity contribution in [3.05, 3.63) is 58.7 Å². The molecule has 0 bridgehead atoms. The molecule has 150 valence electrons. The normalized spacial score (nSPS) is 19.5. The summed E-state index contributed by atoms with van der Waals surface area (Å²) in [6.07, 6.45) is 4.45. The lowest BCUT2D eigenvalue weighted by atomic mass is 10.1. The second-order valence-corrected chi connectivity index (χ2v) is 7.88. The summed E-state index contributed by atoms with van der Waals surface area (Å²) < 4.78 is 5.77. The van der Waals surface area contributed by atoms with E-state index in [2.05, 4.69) is 29.0 Å². The van der Waals surface area contributed by atoms with E-state index in [0.29, 0.717) is 13.0 Å². The fourth-order valence-electron chi connectivity index (χ4n) is 3.47. The summed E-state index contributed by atoms with van der Waals surface area (Å²) in [5.74, 6) is 1.02. The first kappa shape index (κ1) is 20.6. The fraction of sp³-hybridized carbons (Fsp3) is 0.455. The van der Waals surface area contributed by atoms with E-state index in [1.165, 1.54) is 5.56 Å². The molecule has 0 saturated carbocycles. The van der Waals surface area contributed by atoms with E-state index >= 15 is 0 Å². The number of carbonyl (C=O) groups is 1. The summed E-state index contributed by atoms with van der Waals surface area (Å²) in [6, 6.07) is 11.8. The van der Waals surface area contributed by atoms with Gasteiger partial charge in [0.05, 0.1) is 12.2 Å². The van der Waals surface area contributed by atoms with E-state index in [1.54, 1.807) is 0 Å². The molecule has 6 heteroatoms. The van der Waals surface area contributed by atoms with Gasteiger partial charge in [0, 0.05) is 37.3 Å². The van der Waals surface area contributed by atoms with Crippen LogP contribution in [0.1, 0.15) is 37.8 Å². The maximum Gasteiger partial charge on any atom is 0.220 e. The lowest BCUT2D eigenvalue weighted by Gasteiger charge is -2.36. The Morgan fingerprint density at radius 3 is 2.46 bits per heavy atom. The molecule has 28 heavy (non-hydrogen) atoms. The molecule has 0 radical (unpaired) electrons. The molecule has 2 heterocycles. The third-order valence-corrected chi connectivity index (χ3v) is 5.08. The molecule has 1 saturated heterocycles. The topological polar surface area (TPSA) is 54.5 Å². The summed E-state index contributed by atoms with van der Waals surface area (Å²) in [4.78, 5) is 18.9. The average molecular weight is 402 g/mol. The van der Waals surface area contributed by atoms with Crippen LogP contribution in [0.3, 0.4) is 0 Å². The molecule has 0 aliphatic carbocycles. The van der Waals surface area contributed by atoms with Gasteiger partial charge in [0.15, 0.2) is 0 Å². The van der Waals surface area contributed by atoms with E-state index in [0.717, 1.165) is 42.3 Å². The predicted octanol–water partition coefficient (Wildman–Crippen LogP) is 3.99. The number of aryl methyl sites for hydroxylation is 1. The summed E-state index contributed by atoms with van der Waals surface area (Å²) >= 11 is 5.88. The third-order valence-electron chi connectivity index (χ3n) is 4.82. The van der Waals surface area contributed by atoms with E-state index in [9.17, 15) is 4.79 Å². The number of rotatable bonds is 7. The molecule has 1 aromatic carbocycles. The Hall–Kier alpha value is -2.11. The molecule has 1 aromatic heterocycles. The Morgan fingerprint density at radius 1 is 1.14 bits per heavy atom. The minimum absolute atomic E-state index is 0.0638. The molecule has 2 atom stereocenters. The quantitative estimate of drug-likeness (QED) is 0.762. The average Bonchev–Trinajstić information content (AvgIpc) is 2.67. The number of nitrogens with one attached hydrogen (secondary N) is 1. The minimum Gasteiger partial charge on any atom is -0.372 e. The number of aromatic nitrogens is 1. The standard InChI is InChI=1S/C22H28ClN3O2/c1-16-14-26(15-17(2)28-16)21-11-8-19(12-24-21)13-25-22(27)5-3-4-18-6-9-20(23)10-7-18/h6-12,16-17H,3-5,13-15H2,1-2H3,(H,25,27). The molecule has 1 amide bonds. The van der Waals surface area contributed by atoms with Gasteiger partial charge in [-0.3, -0.25) is 4.79 Å². The van der Waals surface area contributed by atoms with E-state index in [-0.39, 0.29) is 18.1 Å². The van der Waals surface area contributed by atoms with E-state index in [4.69, 9.17) is 16.3 Å². The Bertz CT molecular complexity index is 754. The highest BCUT2D eigenvalue weighted by molar-refractivity contribution is 6.30. The first-order chi connectivity index (χ1) is 13.5. The number of hydrogen-bond donors (Lipinski definition) is 1. The number of morpholine rings is 1. The molecule has 1 aliphatic heterocycles. The number of nitrogens with zero attached hydrogens (tertiary/aromatic N) is 2. The van der Waals surface area contributed by atoms with Gasteiger partial charge < -0.3 is 15.0 Å². The summed E-state index contributed by atoms with van der Waals surface area (Å²) in [5.41, 5.74) is 2.20. The second kappa shape index (κ2) is 9.89. The van der Waals surface area contributed by atoms with Gasteiger partial charge in [-0.05, 0) is 56.0 Å². The smallest absolute Gasteiger partial charge is 0.220 e. The van der Waals surface area contributed by atoms with Crippen LogP contribution in [0.5, 0.6) is 0 Å². The molecule has 0 spiro atoms. The zero-order chi connectivity index (χ0) is 19.9. The number of pyridine rings is 1. The van der Waals surface area contributed by atoms with Crippen molar-refractivity contribution in [3.8, 4) is 0 Å². The number of anilines is 1. The van der Waals surface area contributed by atoms with Crippen LogP contribution in [0.15, 0.2) is 42.6 Å². The van der Waals surface area contributed by atoms with E-state index < -0.39 is 0 Å². The molecule has 1 N–H and O–H groups in total. The van der Waals surface area contributed by atoms with Crippen molar-refractivity contribution in [1.82, 2.24) is 10.3 Å². The third kappa shape index (κ3) is 6.21. The number of benzene rings is 1. The Morgan fingerprint density at radius 2 is 1.82 bits per heavy atom. The number of carbonyl (C=O) groups excluding carboxylic acids is 1. The van der Waals surface area contributed by atoms with Gasteiger partial charge in [0.1, 0.15) is 5.82 Å². The fourth-order valence-corrected chi connectivity index (χ4v) is 3.59. The van der Waals surface area contributed by atoms with Crippen LogP contribution in [-0.4, -0.2) is 36.2 Å². The first-order valence-electron chi connectivity index (χ1n) is 9.86. The van der Waals surface area contributed by atoms with Crippen molar-refractivity contribution in [2.75, 3.05) is 18.0 Å². The van der Waals surface area contributed by atoms with Gasteiger partial charge in [-0.2, -0.15) is 0 Å². The minimum atomic E-state index is 0.0638. The molecule has 2 aromatic rings. The molecule has 1 fully saturated rings. The van der Waals surface area contributed by atoms with Gasteiger partial charge >= 0.3 is 0 Å². The van der Waals surface area contributed by atoms with Gasteiger partial charge in [-0.15, -0.1) is 0 Å². The number of halogens is 1. The Labute approximate surface area is 172 Å². The summed E-state index contributed by atoms with van der Waals surface area (Å²) in [6.45, 7) is 6.37. The van der Waals surface area contributed by atoms with Crippen molar-refractivity contribution in [2.45, 2.75) is 51.9 Å². The highest BCUT2D eigenvalue weighted by Gasteiger charge is 2.22. The van der Waals surface area contributed by atoms with Crippen molar-refractivity contribution in [1.29, 1.82) is 0 Å². The molecular weight excluding hydrogens is 374 g/mol. The molecule has 2 unspecified atom stereocenters. The van der Waals surface area contributed by atoms with Crippen LogP contribution in [0.2, 0.25) is 5.02 Å². The number of ether oxygens (including phenoxy) is 1. The van der Waals surface area contributed by atoms with Gasteiger partial charge in [-0.1, -0.05) is 29.8 Å². The number of amides is 1. The molecular formula is C22H28ClN3O2. The Kier molecular flexibility index (Phi) is 7.29. The Balaban J connectivity index is 1.40. The zero-order valence-electron chi connectivity index (χ0n) is 16.5. The predicted molar refractivity (Wildman–Crippen MR) is 113 cm³/mol. The monoisotopic (exact) mass is 401 g/mol. The first-order valence-corrected chi connectivity index (χ1v) is 10.2. The van der Waals surface area contributed by atoms with Crippen LogP contribution in [-0.2, 0) is 22.5 Å². The van der Waals surface area contributed by atoms with Crippen molar-refractivity contribution in [2.24, 2.45) is 0 Å². The van der Waals surface area contributed by atoms with Crippen LogP contribution < -0.4 is 10.2 Å². The molecule has 3 rings (SSSR count). The maximum absolute atomic E-state index is 12.1. The lowest BCUT2D eigenvalue weighted by molar-refractivity contribution is -0.121. The van der Waals surface area contributed by atoms with Gasteiger partial charge in [-0.25, -0.2) is 4.98 Å². The molecule has 1 aliphatic rings. The highest BCUT2D eigenvalue weighted by atomic mass is 35.5. The maximum atomic E-state index is 12.1. The second-order valence-electron chi connectivity index (χ2n) is 7.44. The van der Waals surface area contributed by atoms with Crippen LogP contribution in [0, 0.1) is 0 Å².